The number of carbonyl (C=O) groups is 3. The molecule has 4 rings (SSSR count). The van der Waals surface area contributed by atoms with Gasteiger partial charge >= 0.3 is 0 Å². The second-order valence-electron chi connectivity index (χ2n) is 11.1. The first kappa shape index (κ1) is 26.1. The van der Waals surface area contributed by atoms with Gasteiger partial charge in [-0.2, -0.15) is 0 Å². The second-order valence-corrected chi connectivity index (χ2v) is 12.3. The molecule has 1 aromatic carbocycles. The van der Waals surface area contributed by atoms with E-state index in [9.17, 15) is 19.5 Å². The molecule has 3 heterocycles. The summed E-state index contributed by atoms with van der Waals surface area (Å²) in [5.41, 5.74) is -1.04. The van der Waals surface area contributed by atoms with E-state index < -0.39 is 41.2 Å². The summed E-state index contributed by atoms with van der Waals surface area (Å²) in [5, 5.41) is 16.3. The average Bonchev–Trinajstić information content (AvgIpc) is 3.37. The second kappa shape index (κ2) is 9.48. The number of nitrogens with zero attached hydrogens (tertiary/aromatic N) is 1. The van der Waals surface area contributed by atoms with Crippen LogP contribution in [0.5, 0.6) is 0 Å². The van der Waals surface area contributed by atoms with Gasteiger partial charge in [-0.25, -0.2) is 0 Å². The minimum Gasteiger partial charge on any atom is -0.394 e. The number of hydrogen-bond acceptors (Lipinski definition) is 5. The van der Waals surface area contributed by atoms with Crippen molar-refractivity contribution in [3.63, 3.8) is 0 Å². The van der Waals surface area contributed by atoms with E-state index in [1.165, 1.54) is 4.90 Å². The number of carbonyl (C=O) groups excluding carboxylic acids is 3. The number of ether oxygens (including phenoxy) is 1. The predicted molar refractivity (Wildman–Crippen MR) is 136 cm³/mol. The molecule has 9 heteroatoms. The number of nitrogens with one attached hydrogen (secondary N) is 2. The third kappa shape index (κ3) is 4.40. The van der Waals surface area contributed by atoms with Crippen LogP contribution in [0.15, 0.2) is 30.3 Å². The topological polar surface area (TPSA) is 108 Å². The van der Waals surface area contributed by atoms with E-state index in [0.29, 0.717) is 12.1 Å². The first-order valence-corrected chi connectivity index (χ1v) is 13.3. The van der Waals surface area contributed by atoms with Crippen LogP contribution in [0.4, 0.5) is 5.69 Å². The molecule has 0 radical (unpaired) electrons. The number of halogens is 1. The largest absolute Gasteiger partial charge is 0.394 e. The molecule has 3 N–H and O–H groups in total. The Hall–Kier alpha value is -1.97. The summed E-state index contributed by atoms with van der Waals surface area (Å²) in [5.74, 6) is -2.52. The molecule has 0 saturated carbocycles. The third-order valence-corrected chi connectivity index (χ3v) is 8.51. The number of likely N-dealkylation sites (tertiary alicyclic amines) is 1. The van der Waals surface area contributed by atoms with Crippen molar-refractivity contribution in [1.82, 2.24) is 10.2 Å². The Bertz CT molecular complexity index is 983. The van der Waals surface area contributed by atoms with Crippen molar-refractivity contribution in [1.29, 1.82) is 0 Å². The van der Waals surface area contributed by atoms with Crippen molar-refractivity contribution in [2.45, 2.75) is 81.6 Å². The van der Waals surface area contributed by atoms with Crippen LogP contribution in [-0.2, 0) is 19.1 Å². The molecule has 0 aromatic heterocycles. The maximum Gasteiger partial charge on any atom is 0.246 e. The van der Waals surface area contributed by atoms with Crippen molar-refractivity contribution in [3.05, 3.63) is 30.3 Å². The Kier molecular flexibility index (Phi) is 7.07. The lowest BCUT2D eigenvalue weighted by molar-refractivity contribution is -0.147. The molecule has 2 bridgehead atoms. The third-order valence-electron chi connectivity index (χ3n) is 7.66. The van der Waals surface area contributed by atoms with Gasteiger partial charge in [0.15, 0.2) is 0 Å². The normalized spacial score (nSPS) is 33.4. The summed E-state index contributed by atoms with van der Waals surface area (Å²) in [6.07, 6.45) is 0.625. The first-order chi connectivity index (χ1) is 16.4. The number of aliphatic hydroxyl groups excluding tert-OH is 1. The van der Waals surface area contributed by atoms with Crippen LogP contribution >= 0.6 is 15.9 Å². The Morgan fingerprint density at radius 3 is 2.49 bits per heavy atom. The zero-order valence-electron chi connectivity index (χ0n) is 21.0. The van der Waals surface area contributed by atoms with Gasteiger partial charge in [0.25, 0.3) is 0 Å². The zero-order valence-corrected chi connectivity index (χ0v) is 22.5. The van der Waals surface area contributed by atoms with Crippen LogP contribution in [0.2, 0.25) is 0 Å². The highest BCUT2D eigenvalue weighted by Gasteiger charge is 2.77. The quantitative estimate of drug-likeness (QED) is 0.453. The van der Waals surface area contributed by atoms with Gasteiger partial charge in [-0.15, -0.1) is 0 Å². The lowest BCUT2D eigenvalue weighted by Gasteiger charge is -2.40. The van der Waals surface area contributed by atoms with Gasteiger partial charge in [0.1, 0.15) is 11.6 Å². The molecule has 8 nitrogen and oxygen atoms in total. The zero-order chi connectivity index (χ0) is 25.7. The number of hydrogen-bond donors (Lipinski definition) is 3. The van der Waals surface area contributed by atoms with E-state index in [1.54, 1.807) is 12.1 Å². The van der Waals surface area contributed by atoms with E-state index in [4.69, 9.17) is 4.74 Å². The molecular weight excluding hydrogens is 514 g/mol. The van der Waals surface area contributed by atoms with Gasteiger partial charge in [-0.3, -0.25) is 14.4 Å². The van der Waals surface area contributed by atoms with E-state index in [-0.39, 0.29) is 35.1 Å². The van der Waals surface area contributed by atoms with Gasteiger partial charge in [0.2, 0.25) is 17.7 Å². The van der Waals surface area contributed by atoms with Crippen molar-refractivity contribution in [2.24, 2.45) is 17.8 Å². The van der Waals surface area contributed by atoms with Gasteiger partial charge in [0.05, 0.1) is 30.6 Å². The Morgan fingerprint density at radius 1 is 1.26 bits per heavy atom. The van der Waals surface area contributed by atoms with Crippen LogP contribution in [0.25, 0.3) is 0 Å². The number of benzene rings is 1. The monoisotopic (exact) mass is 549 g/mol. The van der Waals surface area contributed by atoms with Crippen LogP contribution in [-0.4, -0.2) is 68.5 Å². The summed E-state index contributed by atoms with van der Waals surface area (Å²) < 4.78 is 6.51. The fourth-order valence-corrected chi connectivity index (χ4v) is 6.97. The number of rotatable bonds is 7. The maximum atomic E-state index is 14.1. The summed E-state index contributed by atoms with van der Waals surface area (Å²) in [6, 6.07) is 7.60. The predicted octanol–water partition coefficient (Wildman–Crippen LogP) is 2.69. The van der Waals surface area contributed by atoms with Gasteiger partial charge < -0.3 is 25.4 Å². The number of fused-ring (bicyclic) bond motifs is 1. The highest BCUT2D eigenvalue weighted by atomic mass is 79.9. The molecule has 3 unspecified atom stereocenters. The fraction of sp³-hybridized carbons (Fsp3) is 0.654. The summed E-state index contributed by atoms with van der Waals surface area (Å²) >= 11 is 3.68. The van der Waals surface area contributed by atoms with Crippen molar-refractivity contribution in [2.75, 3.05) is 11.9 Å². The highest BCUT2D eigenvalue weighted by Crippen LogP contribution is 2.60. The SMILES string of the molecule is CC[C@H](C)[C@H](CO)N1C(=O)[C@@H]2[C@H](C(=O)Nc3ccccc3)[C@H]3OC2(CC3Br)C1C(=O)NC(C)(C)C. The number of anilines is 1. The molecule has 192 valence electrons. The van der Waals surface area contributed by atoms with Crippen molar-refractivity contribution < 1.29 is 24.2 Å². The number of aliphatic hydroxyl groups is 1. The minimum absolute atomic E-state index is 0.0438. The molecular formula is C26H36BrN3O5. The molecule has 1 aromatic rings. The molecule has 1 spiro atoms. The van der Waals surface area contributed by atoms with Crippen LogP contribution in [0, 0.1) is 17.8 Å². The molecule has 3 aliphatic rings. The molecule has 0 aliphatic carbocycles. The van der Waals surface area contributed by atoms with Gasteiger partial charge in [-0.05, 0) is 45.2 Å². The van der Waals surface area contributed by atoms with E-state index in [2.05, 4.69) is 26.6 Å². The van der Waals surface area contributed by atoms with Crippen molar-refractivity contribution >= 4 is 39.3 Å². The molecule has 3 aliphatic heterocycles. The minimum atomic E-state index is -1.15. The summed E-state index contributed by atoms with van der Waals surface area (Å²) in [4.78, 5) is 42.8. The molecule has 8 atom stereocenters. The number of para-hydroxylation sites is 1. The fourth-order valence-electron chi connectivity index (χ4n) is 6.02. The lowest BCUT2D eigenvalue weighted by Crippen LogP contribution is -2.61. The van der Waals surface area contributed by atoms with Gasteiger partial charge in [-0.1, -0.05) is 54.4 Å². The average molecular weight is 550 g/mol. The Morgan fingerprint density at radius 2 is 1.91 bits per heavy atom. The Balaban J connectivity index is 1.77. The number of alkyl halides is 1. The molecule has 35 heavy (non-hydrogen) atoms. The van der Waals surface area contributed by atoms with E-state index in [0.717, 1.165) is 6.42 Å². The first-order valence-electron chi connectivity index (χ1n) is 12.4. The van der Waals surface area contributed by atoms with E-state index >= 15 is 0 Å². The van der Waals surface area contributed by atoms with Gasteiger partial charge in [0, 0.05) is 16.1 Å². The summed E-state index contributed by atoms with van der Waals surface area (Å²) in [7, 11) is 0. The number of amides is 3. The Labute approximate surface area is 215 Å². The molecule has 3 saturated heterocycles. The van der Waals surface area contributed by atoms with Crippen LogP contribution in [0.1, 0.15) is 47.5 Å². The van der Waals surface area contributed by atoms with E-state index in [1.807, 2.05) is 52.8 Å². The molecule has 3 amide bonds. The lowest BCUT2D eigenvalue weighted by atomic mass is 9.70. The van der Waals surface area contributed by atoms with Crippen LogP contribution < -0.4 is 10.6 Å². The standard InChI is InChI=1S/C26H36BrN3O5/c1-6-14(2)17(13-31)30-21(23(33)29-25(3,4)5)26-12-16(27)20(35-26)18(19(26)24(30)34)22(32)28-15-10-8-7-9-11-15/h7-11,14,16-21,31H,6,12-13H2,1-5H3,(H,28,32)(H,29,33)/t14-,16?,17-,18-,19-,20-,21?,26?/m0/s1. The maximum absolute atomic E-state index is 14.1. The highest BCUT2D eigenvalue weighted by molar-refractivity contribution is 9.09. The van der Waals surface area contributed by atoms with Crippen LogP contribution in [0.3, 0.4) is 0 Å². The smallest absolute Gasteiger partial charge is 0.246 e. The molecule has 3 fully saturated rings. The van der Waals surface area contributed by atoms with Crippen molar-refractivity contribution in [3.8, 4) is 0 Å². The summed E-state index contributed by atoms with van der Waals surface area (Å²) in [6.45, 7) is 9.33.